The van der Waals surface area contributed by atoms with E-state index in [9.17, 15) is 0 Å². The van der Waals surface area contributed by atoms with Gasteiger partial charge in [0.2, 0.25) is 0 Å². The third kappa shape index (κ3) is 3.37. The van der Waals surface area contributed by atoms with Crippen LogP contribution in [0.15, 0.2) is 6.33 Å². The normalized spacial score (nSPS) is 26.2. The molecule has 1 saturated carbocycles. The van der Waals surface area contributed by atoms with E-state index in [1.165, 1.54) is 36.9 Å². The largest absolute Gasteiger partial charge is 0.367 e. The Bertz CT molecular complexity index is 484. The summed E-state index contributed by atoms with van der Waals surface area (Å²) in [5.74, 6) is 1.94. The van der Waals surface area contributed by atoms with E-state index in [2.05, 4.69) is 41.4 Å². The van der Waals surface area contributed by atoms with Gasteiger partial charge in [-0.2, -0.15) is 0 Å². The smallest absolute Gasteiger partial charge is 0.133 e. The third-order valence-corrected chi connectivity index (χ3v) is 5.17. The van der Waals surface area contributed by atoms with Crippen molar-refractivity contribution in [1.29, 1.82) is 0 Å². The Kier molecular flexibility index (Phi) is 4.16. The van der Waals surface area contributed by atoms with Crippen molar-refractivity contribution in [2.75, 3.05) is 11.9 Å². The molecule has 0 radical (unpaired) electrons. The van der Waals surface area contributed by atoms with Crippen molar-refractivity contribution < 1.29 is 0 Å². The van der Waals surface area contributed by atoms with Gasteiger partial charge in [0.1, 0.15) is 12.1 Å². The molecule has 0 spiro atoms. The Hall–Kier alpha value is -1.16. The van der Waals surface area contributed by atoms with E-state index in [1.54, 1.807) is 6.33 Å². The minimum absolute atomic E-state index is 0.449. The molecule has 2 N–H and O–H groups in total. The van der Waals surface area contributed by atoms with Crippen molar-refractivity contribution in [1.82, 2.24) is 15.3 Å². The zero-order valence-corrected chi connectivity index (χ0v) is 13.6. The molecule has 3 rings (SSSR count). The first kappa shape index (κ1) is 14.8. The maximum Gasteiger partial charge on any atom is 0.133 e. The van der Waals surface area contributed by atoms with Gasteiger partial charge in [0.15, 0.2) is 0 Å². The molecule has 21 heavy (non-hydrogen) atoms. The highest BCUT2D eigenvalue weighted by Crippen LogP contribution is 2.38. The maximum atomic E-state index is 4.50. The summed E-state index contributed by atoms with van der Waals surface area (Å²) in [6.07, 6.45) is 7.93. The average Bonchev–Trinajstić information content (AvgIpc) is 2.47. The van der Waals surface area contributed by atoms with Gasteiger partial charge in [0, 0.05) is 18.2 Å². The van der Waals surface area contributed by atoms with Gasteiger partial charge in [-0.1, -0.05) is 20.8 Å². The van der Waals surface area contributed by atoms with E-state index in [4.69, 9.17) is 0 Å². The number of hydrogen-bond donors (Lipinski definition) is 2. The molecule has 1 aliphatic heterocycles. The van der Waals surface area contributed by atoms with Gasteiger partial charge in [0.25, 0.3) is 0 Å². The molecule has 0 unspecified atom stereocenters. The van der Waals surface area contributed by atoms with Crippen LogP contribution in [0.2, 0.25) is 0 Å². The predicted molar refractivity (Wildman–Crippen MR) is 86.3 cm³/mol. The first-order chi connectivity index (χ1) is 10.0. The number of rotatable bonds is 2. The fraction of sp³-hybridized carbons (Fsp3) is 0.765. The molecule has 0 amide bonds. The summed E-state index contributed by atoms with van der Waals surface area (Å²) in [7, 11) is 0. The molecule has 1 aromatic heterocycles. The van der Waals surface area contributed by atoms with Crippen LogP contribution in [0.1, 0.15) is 57.7 Å². The topological polar surface area (TPSA) is 49.8 Å². The standard InChI is InChI=1S/C17H28N4/c1-17(2,3)12-4-6-13(7-5-12)21-16-14-8-9-18-10-15(14)19-11-20-16/h11-13,18H,4-10H2,1-3H3,(H,19,20,21). The average molecular weight is 288 g/mol. The molecule has 116 valence electrons. The number of nitrogens with zero attached hydrogens (tertiary/aromatic N) is 2. The highest BCUT2D eigenvalue weighted by Gasteiger charge is 2.30. The summed E-state index contributed by atoms with van der Waals surface area (Å²) >= 11 is 0. The number of fused-ring (bicyclic) bond motifs is 1. The molecule has 1 fully saturated rings. The number of hydrogen-bond acceptors (Lipinski definition) is 4. The molecular formula is C17H28N4. The van der Waals surface area contributed by atoms with Gasteiger partial charge in [0.05, 0.1) is 5.69 Å². The van der Waals surface area contributed by atoms with Crippen molar-refractivity contribution in [3.8, 4) is 0 Å². The molecule has 0 saturated heterocycles. The summed E-state index contributed by atoms with van der Waals surface area (Å²) in [5.41, 5.74) is 2.95. The van der Waals surface area contributed by atoms with Crippen LogP contribution in [0.5, 0.6) is 0 Å². The van der Waals surface area contributed by atoms with E-state index in [1.807, 2.05) is 0 Å². The van der Waals surface area contributed by atoms with Crippen LogP contribution < -0.4 is 10.6 Å². The van der Waals surface area contributed by atoms with Crippen LogP contribution in [0.25, 0.3) is 0 Å². The van der Waals surface area contributed by atoms with Gasteiger partial charge >= 0.3 is 0 Å². The van der Waals surface area contributed by atoms with Crippen molar-refractivity contribution in [2.24, 2.45) is 11.3 Å². The van der Waals surface area contributed by atoms with Crippen molar-refractivity contribution in [3.05, 3.63) is 17.6 Å². The molecule has 0 atom stereocenters. The second-order valence-corrected chi connectivity index (χ2v) is 7.63. The van der Waals surface area contributed by atoms with Crippen LogP contribution in [0.4, 0.5) is 5.82 Å². The van der Waals surface area contributed by atoms with E-state index in [0.717, 1.165) is 31.2 Å². The summed E-state index contributed by atoms with van der Waals surface area (Å²) in [5, 5.41) is 7.08. The highest BCUT2D eigenvalue weighted by atomic mass is 15.1. The van der Waals surface area contributed by atoms with Gasteiger partial charge in [-0.3, -0.25) is 0 Å². The number of anilines is 1. The zero-order chi connectivity index (χ0) is 14.9. The molecule has 2 aliphatic rings. The molecule has 0 aromatic carbocycles. The monoisotopic (exact) mass is 288 g/mol. The highest BCUT2D eigenvalue weighted by molar-refractivity contribution is 5.47. The summed E-state index contributed by atoms with van der Waals surface area (Å²) in [6, 6.07) is 0.581. The van der Waals surface area contributed by atoms with Gasteiger partial charge < -0.3 is 10.6 Å². The van der Waals surface area contributed by atoms with Gasteiger partial charge in [-0.25, -0.2) is 9.97 Å². The lowest BCUT2D eigenvalue weighted by atomic mass is 9.71. The molecular weight excluding hydrogens is 260 g/mol. The second-order valence-electron chi connectivity index (χ2n) is 7.63. The maximum absolute atomic E-state index is 4.50. The van der Waals surface area contributed by atoms with E-state index in [-0.39, 0.29) is 0 Å². The second kappa shape index (κ2) is 5.91. The van der Waals surface area contributed by atoms with Crippen molar-refractivity contribution >= 4 is 5.82 Å². The first-order valence-corrected chi connectivity index (χ1v) is 8.34. The van der Waals surface area contributed by atoms with Crippen LogP contribution >= 0.6 is 0 Å². The molecule has 4 nitrogen and oxygen atoms in total. The first-order valence-electron chi connectivity index (χ1n) is 8.34. The molecule has 0 bridgehead atoms. The molecule has 1 aliphatic carbocycles. The van der Waals surface area contributed by atoms with Crippen LogP contribution in [-0.2, 0) is 13.0 Å². The lowest BCUT2D eigenvalue weighted by Crippen LogP contribution is -2.33. The lowest BCUT2D eigenvalue weighted by molar-refractivity contribution is 0.173. The Morgan fingerprint density at radius 2 is 1.90 bits per heavy atom. The van der Waals surface area contributed by atoms with Crippen LogP contribution in [0, 0.1) is 11.3 Å². The van der Waals surface area contributed by atoms with E-state index >= 15 is 0 Å². The van der Waals surface area contributed by atoms with Gasteiger partial charge in [-0.15, -0.1) is 0 Å². The Morgan fingerprint density at radius 3 is 2.62 bits per heavy atom. The third-order valence-electron chi connectivity index (χ3n) is 5.17. The van der Waals surface area contributed by atoms with Crippen LogP contribution in [0.3, 0.4) is 0 Å². The summed E-state index contributed by atoms with van der Waals surface area (Å²) < 4.78 is 0. The fourth-order valence-electron chi connectivity index (χ4n) is 3.71. The summed E-state index contributed by atoms with van der Waals surface area (Å²) in [6.45, 7) is 9.03. The van der Waals surface area contributed by atoms with Gasteiger partial charge in [-0.05, 0) is 50.0 Å². The van der Waals surface area contributed by atoms with E-state index < -0.39 is 0 Å². The van der Waals surface area contributed by atoms with Crippen molar-refractivity contribution in [3.63, 3.8) is 0 Å². The SMILES string of the molecule is CC(C)(C)C1CCC(Nc2ncnc3c2CCNC3)CC1. The number of nitrogens with one attached hydrogen (secondary N) is 2. The fourth-order valence-corrected chi connectivity index (χ4v) is 3.71. The number of aromatic nitrogens is 2. The Labute approximate surface area is 128 Å². The Morgan fingerprint density at radius 1 is 1.14 bits per heavy atom. The summed E-state index contributed by atoms with van der Waals surface area (Å²) in [4.78, 5) is 8.91. The Balaban J connectivity index is 1.64. The lowest BCUT2D eigenvalue weighted by Gasteiger charge is -2.37. The molecule has 1 aromatic rings. The van der Waals surface area contributed by atoms with E-state index in [0.29, 0.717) is 11.5 Å². The van der Waals surface area contributed by atoms with Crippen molar-refractivity contribution in [2.45, 2.75) is 65.5 Å². The predicted octanol–water partition coefficient (Wildman–Crippen LogP) is 3.14. The zero-order valence-electron chi connectivity index (χ0n) is 13.6. The van der Waals surface area contributed by atoms with Crippen LogP contribution in [-0.4, -0.2) is 22.6 Å². The quantitative estimate of drug-likeness (QED) is 0.878. The minimum Gasteiger partial charge on any atom is -0.367 e. The molecule has 4 heteroatoms. The minimum atomic E-state index is 0.449. The molecule has 2 heterocycles.